The number of nitro groups is 2. The summed E-state index contributed by atoms with van der Waals surface area (Å²) in [4.78, 5) is 32.8. The van der Waals surface area contributed by atoms with Crippen molar-refractivity contribution >= 4 is 33.8 Å². The largest absolute Gasteiger partial charge is 0.342 e. The Kier molecular flexibility index (Phi) is 3.68. The van der Waals surface area contributed by atoms with E-state index < -0.39 is 9.85 Å². The van der Waals surface area contributed by atoms with Crippen molar-refractivity contribution in [1.29, 1.82) is 0 Å². The van der Waals surface area contributed by atoms with Crippen LogP contribution in [0.2, 0.25) is 0 Å². The molecular formula is C17H13N5O4. The molecule has 0 spiro atoms. The summed E-state index contributed by atoms with van der Waals surface area (Å²) in [5.41, 5.74) is 3.92. The van der Waals surface area contributed by atoms with E-state index >= 15 is 0 Å². The van der Waals surface area contributed by atoms with E-state index in [0.29, 0.717) is 36.0 Å². The Morgan fingerprint density at radius 3 is 2.50 bits per heavy atom. The first-order valence-corrected chi connectivity index (χ1v) is 7.96. The Morgan fingerprint density at radius 1 is 1.00 bits per heavy atom. The topological polar surface area (TPSA) is 127 Å². The molecule has 0 radical (unpaired) electrons. The van der Waals surface area contributed by atoms with Crippen LogP contribution in [-0.2, 0) is 12.8 Å². The number of nitro benzene ring substituents is 2. The van der Waals surface area contributed by atoms with Gasteiger partial charge in [-0.05, 0) is 24.1 Å². The van der Waals surface area contributed by atoms with Crippen LogP contribution in [0.3, 0.4) is 0 Å². The van der Waals surface area contributed by atoms with E-state index in [4.69, 9.17) is 0 Å². The molecule has 0 aliphatic carbocycles. The van der Waals surface area contributed by atoms with Crippen LogP contribution in [0.1, 0.15) is 17.8 Å². The van der Waals surface area contributed by atoms with Crippen molar-refractivity contribution in [1.82, 2.24) is 9.97 Å². The van der Waals surface area contributed by atoms with Gasteiger partial charge in [-0.2, -0.15) is 0 Å². The molecule has 0 atom stereocenters. The molecule has 0 bridgehead atoms. The van der Waals surface area contributed by atoms with Gasteiger partial charge in [-0.1, -0.05) is 0 Å². The minimum absolute atomic E-state index is 0.0184. The van der Waals surface area contributed by atoms with Crippen molar-refractivity contribution < 1.29 is 9.85 Å². The van der Waals surface area contributed by atoms with Gasteiger partial charge in [-0.3, -0.25) is 25.2 Å². The van der Waals surface area contributed by atoms with Gasteiger partial charge in [0.05, 0.1) is 26.6 Å². The Morgan fingerprint density at radius 2 is 1.73 bits per heavy atom. The summed E-state index contributed by atoms with van der Waals surface area (Å²) in [5.74, 6) is 0.727. The Labute approximate surface area is 146 Å². The fourth-order valence-electron chi connectivity index (χ4n) is 3.04. The number of aromatic amines is 1. The van der Waals surface area contributed by atoms with Gasteiger partial charge < -0.3 is 4.98 Å². The number of aliphatic imine (C=N–C) groups is 1. The van der Waals surface area contributed by atoms with E-state index in [1.54, 1.807) is 12.1 Å². The molecule has 0 saturated heterocycles. The van der Waals surface area contributed by atoms with Crippen molar-refractivity contribution in [2.45, 2.75) is 19.3 Å². The van der Waals surface area contributed by atoms with Gasteiger partial charge in [0.2, 0.25) is 0 Å². The minimum atomic E-state index is -0.441. The highest BCUT2D eigenvalue weighted by atomic mass is 16.6. The Hall–Kier alpha value is -3.62. The summed E-state index contributed by atoms with van der Waals surface area (Å²) in [7, 11) is 0. The molecule has 1 aliphatic rings. The summed E-state index contributed by atoms with van der Waals surface area (Å²) >= 11 is 0. The SMILES string of the molecule is O=[N+]([O-])c1ccc2c(c1)N=C(CCc1nc3ccc([N+](=O)[O-])cc3[nH]1)C2. The fraction of sp³-hybridized carbons (Fsp3) is 0.176. The van der Waals surface area contributed by atoms with Crippen LogP contribution in [0.15, 0.2) is 41.4 Å². The van der Waals surface area contributed by atoms with Crippen molar-refractivity contribution in [2.24, 2.45) is 4.99 Å². The zero-order chi connectivity index (χ0) is 18.3. The fourth-order valence-corrected chi connectivity index (χ4v) is 3.04. The quantitative estimate of drug-likeness (QED) is 0.554. The molecule has 9 nitrogen and oxygen atoms in total. The minimum Gasteiger partial charge on any atom is -0.342 e. The zero-order valence-corrected chi connectivity index (χ0v) is 13.5. The summed E-state index contributed by atoms with van der Waals surface area (Å²) in [6.45, 7) is 0. The lowest BCUT2D eigenvalue weighted by Gasteiger charge is -1.97. The number of fused-ring (bicyclic) bond motifs is 2. The van der Waals surface area contributed by atoms with E-state index in [2.05, 4.69) is 15.0 Å². The van der Waals surface area contributed by atoms with E-state index in [1.807, 2.05) is 0 Å². The average Bonchev–Trinajstić information content (AvgIpc) is 3.21. The highest BCUT2D eigenvalue weighted by Gasteiger charge is 2.18. The van der Waals surface area contributed by atoms with Crippen LogP contribution in [-0.4, -0.2) is 25.5 Å². The molecule has 0 saturated carbocycles. The van der Waals surface area contributed by atoms with Crippen LogP contribution >= 0.6 is 0 Å². The second kappa shape index (κ2) is 6.03. The number of benzene rings is 2. The number of H-pyrrole nitrogens is 1. The van der Waals surface area contributed by atoms with E-state index in [-0.39, 0.29) is 11.4 Å². The molecule has 3 aromatic rings. The van der Waals surface area contributed by atoms with E-state index in [0.717, 1.165) is 17.1 Å². The number of aromatic nitrogens is 2. The monoisotopic (exact) mass is 351 g/mol. The third-order valence-electron chi connectivity index (χ3n) is 4.33. The van der Waals surface area contributed by atoms with Crippen LogP contribution in [0, 0.1) is 20.2 Å². The number of hydrogen-bond acceptors (Lipinski definition) is 6. The molecule has 1 aromatic heterocycles. The van der Waals surface area contributed by atoms with Gasteiger partial charge >= 0.3 is 0 Å². The number of non-ortho nitro benzene ring substituents is 2. The zero-order valence-electron chi connectivity index (χ0n) is 13.5. The second-order valence-corrected chi connectivity index (χ2v) is 6.07. The number of nitrogens with one attached hydrogen (secondary N) is 1. The first kappa shape index (κ1) is 15.9. The van der Waals surface area contributed by atoms with Gasteiger partial charge in [-0.15, -0.1) is 0 Å². The molecule has 0 unspecified atom stereocenters. The molecule has 0 amide bonds. The number of imidazole rings is 1. The molecular weight excluding hydrogens is 338 g/mol. The van der Waals surface area contributed by atoms with Gasteiger partial charge in [0.1, 0.15) is 5.82 Å². The van der Waals surface area contributed by atoms with Crippen molar-refractivity contribution in [2.75, 3.05) is 0 Å². The number of nitrogens with zero attached hydrogens (tertiary/aromatic N) is 4. The van der Waals surface area contributed by atoms with Crippen LogP contribution in [0.5, 0.6) is 0 Å². The van der Waals surface area contributed by atoms with Crippen molar-refractivity contribution in [3.05, 3.63) is 68.0 Å². The normalized spacial score (nSPS) is 12.8. The van der Waals surface area contributed by atoms with Crippen molar-refractivity contribution in [3.63, 3.8) is 0 Å². The second-order valence-electron chi connectivity index (χ2n) is 6.07. The average molecular weight is 351 g/mol. The number of hydrogen-bond donors (Lipinski definition) is 1. The lowest BCUT2D eigenvalue weighted by atomic mass is 10.1. The maximum atomic E-state index is 10.8. The third-order valence-corrected chi connectivity index (χ3v) is 4.33. The van der Waals surface area contributed by atoms with E-state index in [9.17, 15) is 20.2 Å². The first-order valence-electron chi connectivity index (χ1n) is 7.96. The Bertz CT molecular complexity index is 1090. The van der Waals surface area contributed by atoms with Crippen LogP contribution < -0.4 is 0 Å². The molecule has 2 heterocycles. The molecule has 2 aromatic carbocycles. The summed E-state index contributed by atoms with van der Waals surface area (Å²) in [6.07, 6.45) is 1.93. The molecule has 9 heteroatoms. The molecule has 130 valence electrons. The summed E-state index contributed by atoms with van der Waals surface area (Å²) < 4.78 is 0. The molecule has 1 N–H and O–H groups in total. The molecule has 1 aliphatic heterocycles. The standard InChI is InChI=1S/C17H13N5O4/c23-21(24)12-3-1-10-7-11(18-15(10)8-12)2-6-17-19-14-5-4-13(22(25)26)9-16(14)20-17/h1,3-5,8-9H,2,6-7H2,(H,19,20). The maximum Gasteiger partial charge on any atom is 0.271 e. The third kappa shape index (κ3) is 2.90. The highest BCUT2D eigenvalue weighted by Crippen LogP contribution is 2.31. The maximum absolute atomic E-state index is 10.8. The Balaban J connectivity index is 1.49. The van der Waals surface area contributed by atoms with E-state index in [1.165, 1.54) is 24.3 Å². The predicted octanol–water partition coefficient (Wildman–Crippen LogP) is 3.64. The lowest BCUT2D eigenvalue weighted by molar-refractivity contribution is -0.384. The van der Waals surface area contributed by atoms with Gasteiger partial charge in [0, 0.05) is 42.8 Å². The smallest absolute Gasteiger partial charge is 0.271 e. The lowest BCUT2D eigenvalue weighted by Crippen LogP contribution is -2.01. The van der Waals surface area contributed by atoms with Gasteiger partial charge in [0.15, 0.2) is 0 Å². The molecule has 4 rings (SSSR count). The van der Waals surface area contributed by atoms with Gasteiger partial charge in [0.25, 0.3) is 11.4 Å². The van der Waals surface area contributed by atoms with Gasteiger partial charge in [-0.25, -0.2) is 4.98 Å². The number of rotatable bonds is 5. The van der Waals surface area contributed by atoms with Crippen LogP contribution in [0.25, 0.3) is 11.0 Å². The summed E-state index contributed by atoms with van der Waals surface area (Å²) in [6, 6.07) is 9.23. The number of aryl methyl sites for hydroxylation is 1. The van der Waals surface area contributed by atoms with Crippen molar-refractivity contribution in [3.8, 4) is 0 Å². The molecule has 26 heavy (non-hydrogen) atoms. The molecule has 0 fully saturated rings. The van der Waals surface area contributed by atoms with Crippen LogP contribution in [0.4, 0.5) is 17.1 Å². The predicted molar refractivity (Wildman–Crippen MR) is 95.0 cm³/mol. The first-order chi connectivity index (χ1) is 12.5. The summed E-state index contributed by atoms with van der Waals surface area (Å²) in [5, 5.41) is 21.7. The highest BCUT2D eigenvalue weighted by molar-refractivity contribution is 5.94.